The maximum atomic E-state index is 11.4. The van der Waals surface area contributed by atoms with Crippen molar-refractivity contribution in [3.63, 3.8) is 0 Å². The molecule has 0 aromatic rings. The molecule has 2 nitrogen and oxygen atoms in total. The van der Waals surface area contributed by atoms with Gasteiger partial charge in [-0.25, -0.2) is 0 Å². The van der Waals surface area contributed by atoms with Crippen molar-refractivity contribution in [3.05, 3.63) is 0 Å². The fourth-order valence-electron chi connectivity index (χ4n) is 1.15. The van der Waals surface area contributed by atoms with E-state index in [0.29, 0.717) is 0 Å². The molecule has 0 spiro atoms. The van der Waals surface area contributed by atoms with Gasteiger partial charge in [-0.15, -0.1) is 11.1 Å². The Balaban J connectivity index is 4.56. The van der Waals surface area contributed by atoms with E-state index in [1.54, 1.807) is 6.92 Å². The van der Waals surface area contributed by atoms with E-state index < -0.39 is 15.6 Å². The smallest absolute Gasteiger partial charge is 0.251 e. The number of carbonyl (C=O) groups excluding carboxylic acids is 1. The molecule has 0 N–H and O–H groups in total. The van der Waals surface area contributed by atoms with Crippen LogP contribution in [0.2, 0.25) is 32.7 Å². The summed E-state index contributed by atoms with van der Waals surface area (Å²) in [7, 11) is -3.21. The number of halogens is 1. The monoisotopic (exact) mass is 237 g/mol. The molecule has 0 radical (unpaired) electrons. The Kier molecular flexibility index (Phi) is 4.21. The summed E-state index contributed by atoms with van der Waals surface area (Å²) < 4.78 is 1.89. The Bertz CT molecular complexity index is 195. The maximum Gasteiger partial charge on any atom is 0.251 e. The summed E-state index contributed by atoms with van der Waals surface area (Å²) in [5.41, 5.74) is 0. The minimum absolute atomic E-state index is 0.120. The molecular formula is C8H20ClNOSi2. The van der Waals surface area contributed by atoms with Gasteiger partial charge in [0.2, 0.25) is 5.91 Å². The predicted octanol–water partition coefficient (Wildman–Crippen LogP) is 2.65. The first-order valence-corrected chi connectivity index (χ1v) is 12.2. The summed E-state index contributed by atoms with van der Waals surface area (Å²) >= 11 is 6.27. The van der Waals surface area contributed by atoms with Gasteiger partial charge in [-0.3, -0.25) is 4.79 Å². The summed E-state index contributed by atoms with van der Waals surface area (Å²) in [6.45, 7) is 12.4. The lowest BCUT2D eigenvalue weighted by Gasteiger charge is -2.35. The molecule has 78 valence electrons. The van der Waals surface area contributed by atoms with E-state index in [9.17, 15) is 4.79 Å². The lowest BCUT2D eigenvalue weighted by Crippen LogP contribution is -2.53. The second-order valence-corrected chi connectivity index (χ2v) is 16.6. The van der Waals surface area contributed by atoms with Gasteiger partial charge in [-0.2, -0.15) is 0 Å². The molecule has 0 unspecified atom stereocenters. The Morgan fingerprint density at radius 2 is 1.62 bits per heavy atom. The average molecular weight is 238 g/mol. The lowest BCUT2D eigenvalue weighted by atomic mass is 10.7. The van der Waals surface area contributed by atoms with Gasteiger partial charge in [0, 0.05) is 13.1 Å². The fourth-order valence-corrected chi connectivity index (χ4v) is 6.89. The average Bonchev–Trinajstić information content (AvgIpc) is 1.77. The Morgan fingerprint density at radius 3 is 1.69 bits per heavy atom. The zero-order chi connectivity index (χ0) is 10.9. The van der Waals surface area contributed by atoms with Crippen molar-refractivity contribution in [2.24, 2.45) is 0 Å². The zero-order valence-electron chi connectivity index (χ0n) is 9.44. The van der Waals surface area contributed by atoms with Gasteiger partial charge in [0.25, 0.3) is 7.55 Å². The third kappa shape index (κ3) is 5.49. The van der Waals surface area contributed by atoms with Crippen LogP contribution in [-0.4, -0.2) is 32.3 Å². The summed E-state index contributed by atoms with van der Waals surface area (Å²) in [6.07, 6.45) is 0.880. The van der Waals surface area contributed by atoms with Crippen LogP contribution < -0.4 is 0 Å². The van der Waals surface area contributed by atoms with E-state index >= 15 is 0 Å². The molecule has 1 amide bonds. The molecular weight excluding hydrogens is 218 g/mol. The van der Waals surface area contributed by atoms with Crippen LogP contribution in [0.15, 0.2) is 0 Å². The molecule has 13 heavy (non-hydrogen) atoms. The van der Waals surface area contributed by atoms with Gasteiger partial charge < -0.3 is 4.57 Å². The number of hydrogen-bond acceptors (Lipinski definition) is 1. The Hall–Kier alpha value is 0.194. The van der Waals surface area contributed by atoms with Gasteiger partial charge in [0.15, 0.2) is 0 Å². The summed E-state index contributed by atoms with van der Waals surface area (Å²) in [5.74, 6) is 0.120. The SMILES string of the molecule is CC(=O)N(C[Si](C)(C)C)[Si](C)(C)Cl. The topological polar surface area (TPSA) is 20.3 Å². The number of hydrogen-bond donors (Lipinski definition) is 0. The summed E-state index contributed by atoms with van der Waals surface area (Å²) in [6, 6.07) is 0. The van der Waals surface area contributed by atoms with Crippen LogP contribution in [0.4, 0.5) is 0 Å². The molecule has 0 aliphatic heterocycles. The molecule has 5 heteroatoms. The predicted molar refractivity (Wildman–Crippen MR) is 64.1 cm³/mol. The molecule has 0 fully saturated rings. The van der Waals surface area contributed by atoms with Crippen LogP contribution in [0.25, 0.3) is 0 Å². The number of amides is 1. The van der Waals surface area contributed by atoms with Crippen LogP contribution in [0, 0.1) is 0 Å². The number of nitrogens with zero attached hydrogens (tertiary/aromatic N) is 1. The van der Waals surface area contributed by atoms with E-state index in [1.807, 2.05) is 17.7 Å². The van der Waals surface area contributed by atoms with Crippen molar-refractivity contribution in [3.8, 4) is 0 Å². The van der Waals surface area contributed by atoms with Crippen LogP contribution in [0.5, 0.6) is 0 Å². The highest BCUT2D eigenvalue weighted by Gasteiger charge is 2.32. The molecule has 0 aromatic carbocycles. The van der Waals surface area contributed by atoms with Gasteiger partial charge in [0.05, 0.1) is 8.07 Å². The van der Waals surface area contributed by atoms with Gasteiger partial charge in [-0.05, 0) is 13.1 Å². The minimum atomic E-state index is -1.97. The van der Waals surface area contributed by atoms with E-state index in [4.69, 9.17) is 11.1 Å². The molecule has 0 aromatic heterocycles. The molecule has 0 rings (SSSR count). The van der Waals surface area contributed by atoms with Crippen molar-refractivity contribution in [1.29, 1.82) is 0 Å². The van der Waals surface area contributed by atoms with Crippen LogP contribution in [-0.2, 0) is 4.79 Å². The third-order valence-corrected chi connectivity index (χ3v) is 5.60. The second kappa shape index (κ2) is 4.15. The van der Waals surface area contributed by atoms with Crippen LogP contribution in [0.1, 0.15) is 6.92 Å². The van der Waals surface area contributed by atoms with Crippen molar-refractivity contribution < 1.29 is 4.79 Å². The molecule has 0 bridgehead atoms. The van der Waals surface area contributed by atoms with E-state index in [-0.39, 0.29) is 5.91 Å². The summed E-state index contributed by atoms with van der Waals surface area (Å²) in [5, 5.41) is 0. The minimum Gasteiger partial charge on any atom is -0.359 e. The first-order chi connectivity index (χ1) is 5.54. The van der Waals surface area contributed by atoms with Gasteiger partial charge in [-0.1, -0.05) is 19.6 Å². The van der Waals surface area contributed by atoms with Gasteiger partial charge >= 0.3 is 0 Å². The Morgan fingerprint density at radius 1 is 1.23 bits per heavy atom. The Labute approximate surface area is 88.1 Å². The summed E-state index contributed by atoms with van der Waals surface area (Å²) in [4.78, 5) is 11.4. The number of carbonyl (C=O) groups is 1. The molecule has 0 atom stereocenters. The molecule has 0 saturated carbocycles. The largest absolute Gasteiger partial charge is 0.359 e. The molecule has 0 aliphatic rings. The van der Waals surface area contributed by atoms with Crippen molar-refractivity contribution in [2.75, 3.05) is 6.17 Å². The van der Waals surface area contributed by atoms with E-state index in [1.165, 1.54) is 0 Å². The highest BCUT2D eigenvalue weighted by atomic mass is 35.6. The van der Waals surface area contributed by atoms with Crippen molar-refractivity contribution >= 4 is 32.6 Å². The maximum absolute atomic E-state index is 11.4. The second-order valence-electron chi connectivity index (χ2n) is 5.08. The quantitative estimate of drug-likeness (QED) is 0.546. The highest BCUT2D eigenvalue weighted by Crippen LogP contribution is 2.17. The van der Waals surface area contributed by atoms with Crippen molar-refractivity contribution in [1.82, 2.24) is 4.57 Å². The standard InChI is InChI=1S/C8H20ClNOSi2/c1-8(11)10(13(5,6)9)7-12(2,3)4/h7H2,1-6H3. The molecule has 0 saturated heterocycles. The van der Waals surface area contributed by atoms with Crippen LogP contribution in [0.3, 0.4) is 0 Å². The normalized spacial score (nSPS) is 12.8. The van der Waals surface area contributed by atoms with E-state index in [2.05, 4.69) is 19.6 Å². The van der Waals surface area contributed by atoms with Crippen LogP contribution >= 0.6 is 11.1 Å². The van der Waals surface area contributed by atoms with Crippen molar-refractivity contribution in [2.45, 2.75) is 39.7 Å². The molecule has 0 aliphatic carbocycles. The van der Waals surface area contributed by atoms with Gasteiger partial charge in [0.1, 0.15) is 0 Å². The lowest BCUT2D eigenvalue weighted by molar-refractivity contribution is -0.124. The fraction of sp³-hybridized carbons (Fsp3) is 0.875. The molecule has 0 heterocycles. The van der Waals surface area contributed by atoms with E-state index in [0.717, 1.165) is 6.17 Å². The first kappa shape index (κ1) is 13.2. The highest BCUT2D eigenvalue weighted by molar-refractivity contribution is 7.18. The third-order valence-electron chi connectivity index (χ3n) is 1.65. The number of rotatable bonds is 3. The first-order valence-electron chi connectivity index (χ1n) is 4.51. The zero-order valence-corrected chi connectivity index (χ0v) is 12.2.